The van der Waals surface area contributed by atoms with Gasteiger partial charge in [-0.1, -0.05) is 6.92 Å². The largest absolute Gasteiger partial charge is 0.336 e. The first-order valence-electron chi connectivity index (χ1n) is 7.66. The molecule has 1 aliphatic rings. The maximum Gasteiger partial charge on any atom is 0.321 e. The second kappa shape index (κ2) is 6.51. The number of rotatable bonds is 5. The van der Waals surface area contributed by atoms with E-state index in [4.69, 9.17) is 0 Å². The van der Waals surface area contributed by atoms with Crippen LogP contribution >= 0.6 is 0 Å². The SMILES string of the molecule is CCCn1cc(NC(=O)c2ccc(N3CCNC3=O)cc2)cn1. The summed E-state index contributed by atoms with van der Waals surface area (Å²) in [5.74, 6) is -0.196. The number of hydrogen-bond acceptors (Lipinski definition) is 3. The maximum absolute atomic E-state index is 12.2. The monoisotopic (exact) mass is 313 g/mol. The Morgan fingerprint density at radius 1 is 1.35 bits per heavy atom. The van der Waals surface area contributed by atoms with E-state index in [9.17, 15) is 9.59 Å². The van der Waals surface area contributed by atoms with Gasteiger partial charge in [0.05, 0.1) is 11.9 Å². The van der Waals surface area contributed by atoms with Gasteiger partial charge in [-0.05, 0) is 30.7 Å². The molecule has 0 aliphatic carbocycles. The van der Waals surface area contributed by atoms with E-state index < -0.39 is 0 Å². The van der Waals surface area contributed by atoms with Crippen molar-refractivity contribution in [3.8, 4) is 0 Å². The van der Waals surface area contributed by atoms with Gasteiger partial charge in [-0.15, -0.1) is 0 Å². The highest BCUT2D eigenvalue weighted by atomic mass is 16.2. The van der Waals surface area contributed by atoms with E-state index in [-0.39, 0.29) is 11.9 Å². The summed E-state index contributed by atoms with van der Waals surface area (Å²) in [6, 6.07) is 6.88. The number of hydrogen-bond donors (Lipinski definition) is 2. The highest BCUT2D eigenvalue weighted by molar-refractivity contribution is 6.04. The van der Waals surface area contributed by atoms with Gasteiger partial charge in [-0.2, -0.15) is 5.10 Å². The Kier molecular flexibility index (Phi) is 4.27. The standard InChI is InChI=1S/C16H19N5O2/c1-2-8-20-11-13(10-18-20)19-15(22)12-3-5-14(6-4-12)21-9-7-17-16(21)23/h3-6,10-11H,2,7-9H2,1H3,(H,17,23)(H,19,22). The molecule has 1 fully saturated rings. The van der Waals surface area contributed by atoms with Gasteiger partial charge in [0.2, 0.25) is 0 Å². The Balaban J connectivity index is 1.66. The first-order chi connectivity index (χ1) is 11.2. The number of amides is 3. The molecule has 0 unspecified atom stereocenters. The van der Waals surface area contributed by atoms with E-state index in [1.807, 2.05) is 6.20 Å². The zero-order chi connectivity index (χ0) is 16.2. The molecule has 1 aromatic heterocycles. The fourth-order valence-corrected chi connectivity index (χ4v) is 2.49. The van der Waals surface area contributed by atoms with Crippen molar-refractivity contribution in [1.82, 2.24) is 15.1 Å². The molecular weight excluding hydrogens is 294 g/mol. The van der Waals surface area contributed by atoms with E-state index in [0.717, 1.165) is 18.7 Å². The van der Waals surface area contributed by atoms with E-state index in [2.05, 4.69) is 22.7 Å². The first kappa shape index (κ1) is 15.1. The molecule has 23 heavy (non-hydrogen) atoms. The van der Waals surface area contributed by atoms with Crippen LogP contribution in [0.2, 0.25) is 0 Å². The van der Waals surface area contributed by atoms with Crippen LogP contribution in [0.15, 0.2) is 36.7 Å². The predicted molar refractivity (Wildman–Crippen MR) is 87.7 cm³/mol. The van der Waals surface area contributed by atoms with Crippen LogP contribution in [0.4, 0.5) is 16.2 Å². The molecule has 0 spiro atoms. The molecule has 7 heteroatoms. The Morgan fingerprint density at radius 2 is 2.13 bits per heavy atom. The van der Waals surface area contributed by atoms with Gasteiger partial charge in [0.15, 0.2) is 0 Å². The van der Waals surface area contributed by atoms with Crippen LogP contribution in [-0.4, -0.2) is 34.8 Å². The van der Waals surface area contributed by atoms with Crippen molar-refractivity contribution in [1.29, 1.82) is 0 Å². The van der Waals surface area contributed by atoms with E-state index in [1.165, 1.54) is 0 Å². The van der Waals surface area contributed by atoms with Gasteiger partial charge in [0.1, 0.15) is 0 Å². The molecule has 0 bridgehead atoms. The van der Waals surface area contributed by atoms with Crippen molar-refractivity contribution < 1.29 is 9.59 Å². The second-order valence-electron chi connectivity index (χ2n) is 5.38. The molecule has 3 amide bonds. The molecule has 2 N–H and O–H groups in total. The number of nitrogens with zero attached hydrogens (tertiary/aromatic N) is 3. The maximum atomic E-state index is 12.2. The number of nitrogens with one attached hydrogen (secondary N) is 2. The molecule has 0 radical (unpaired) electrons. The van der Waals surface area contributed by atoms with Crippen LogP contribution in [0.1, 0.15) is 23.7 Å². The summed E-state index contributed by atoms with van der Waals surface area (Å²) in [6.45, 7) is 4.17. The highest BCUT2D eigenvalue weighted by Crippen LogP contribution is 2.18. The number of aryl methyl sites for hydroxylation is 1. The quantitative estimate of drug-likeness (QED) is 0.887. The van der Waals surface area contributed by atoms with Gasteiger partial charge in [-0.3, -0.25) is 14.4 Å². The molecule has 1 saturated heterocycles. The minimum Gasteiger partial charge on any atom is -0.336 e. The average molecular weight is 313 g/mol. The Bertz CT molecular complexity index is 708. The molecule has 120 valence electrons. The van der Waals surface area contributed by atoms with Crippen molar-refractivity contribution in [3.63, 3.8) is 0 Å². The van der Waals surface area contributed by atoms with Gasteiger partial charge >= 0.3 is 6.03 Å². The molecular formula is C16H19N5O2. The Labute approximate surface area is 134 Å². The summed E-state index contributed by atoms with van der Waals surface area (Å²) in [4.78, 5) is 25.5. The summed E-state index contributed by atoms with van der Waals surface area (Å²) >= 11 is 0. The summed E-state index contributed by atoms with van der Waals surface area (Å²) in [6.07, 6.45) is 4.43. The lowest BCUT2D eigenvalue weighted by atomic mass is 10.2. The third-order valence-electron chi connectivity index (χ3n) is 3.64. The molecule has 7 nitrogen and oxygen atoms in total. The summed E-state index contributed by atoms with van der Waals surface area (Å²) in [5.41, 5.74) is 2.00. The third kappa shape index (κ3) is 3.33. The van der Waals surface area contributed by atoms with Crippen molar-refractivity contribution in [2.75, 3.05) is 23.3 Å². The molecule has 0 atom stereocenters. The molecule has 2 heterocycles. The van der Waals surface area contributed by atoms with Crippen LogP contribution in [0.3, 0.4) is 0 Å². The third-order valence-corrected chi connectivity index (χ3v) is 3.64. The van der Waals surface area contributed by atoms with Crippen LogP contribution in [0.25, 0.3) is 0 Å². The molecule has 1 aliphatic heterocycles. The van der Waals surface area contributed by atoms with E-state index >= 15 is 0 Å². The van der Waals surface area contributed by atoms with Crippen molar-refractivity contribution >= 4 is 23.3 Å². The van der Waals surface area contributed by atoms with Crippen LogP contribution in [0, 0.1) is 0 Å². The molecule has 3 rings (SSSR count). The minimum atomic E-state index is -0.196. The normalized spacial score (nSPS) is 14.0. The van der Waals surface area contributed by atoms with Crippen LogP contribution < -0.4 is 15.5 Å². The number of carbonyl (C=O) groups is 2. The fourth-order valence-electron chi connectivity index (χ4n) is 2.49. The molecule has 1 aromatic carbocycles. The predicted octanol–water partition coefficient (Wildman–Crippen LogP) is 2.08. The number of urea groups is 1. The summed E-state index contributed by atoms with van der Waals surface area (Å²) in [5, 5.41) is 9.75. The number of aromatic nitrogens is 2. The van der Waals surface area contributed by atoms with Crippen molar-refractivity contribution in [2.45, 2.75) is 19.9 Å². The number of anilines is 2. The Hall–Kier alpha value is -2.83. The van der Waals surface area contributed by atoms with Crippen molar-refractivity contribution in [2.24, 2.45) is 0 Å². The van der Waals surface area contributed by atoms with Gasteiger partial charge in [-0.25, -0.2) is 4.79 Å². The van der Waals surface area contributed by atoms with Gasteiger partial charge in [0, 0.05) is 37.1 Å². The zero-order valence-corrected chi connectivity index (χ0v) is 13.0. The first-order valence-corrected chi connectivity index (χ1v) is 7.66. The van der Waals surface area contributed by atoms with Crippen LogP contribution in [0.5, 0.6) is 0 Å². The van der Waals surface area contributed by atoms with Gasteiger partial charge in [0.25, 0.3) is 5.91 Å². The van der Waals surface area contributed by atoms with Crippen LogP contribution in [-0.2, 0) is 6.54 Å². The molecule has 2 aromatic rings. The van der Waals surface area contributed by atoms with Gasteiger partial charge < -0.3 is 10.6 Å². The molecule has 0 saturated carbocycles. The summed E-state index contributed by atoms with van der Waals surface area (Å²) < 4.78 is 1.80. The minimum absolute atomic E-state index is 0.106. The Morgan fingerprint density at radius 3 is 2.78 bits per heavy atom. The highest BCUT2D eigenvalue weighted by Gasteiger charge is 2.21. The van der Waals surface area contributed by atoms with E-state index in [1.54, 1.807) is 40.0 Å². The second-order valence-corrected chi connectivity index (χ2v) is 5.38. The topological polar surface area (TPSA) is 79.3 Å². The fraction of sp³-hybridized carbons (Fsp3) is 0.312. The smallest absolute Gasteiger partial charge is 0.321 e. The van der Waals surface area contributed by atoms with Crippen molar-refractivity contribution in [3.05, 3.63) is 42.2 Å². The lowest BCUT2D eigenvalue weighted by molar-refractivity contribution is 0.102. The number of benzene rings is 1. The zero-order valence-electron chi connectivity index (χ0n) is 13.0. The lowest BCUT2D eigenvalue weighted by Crippen LogP contribution is -2.27. The van der Waals surface area contributed by atoms with E-state index in [0.29, 0.717) is 24.3 Å². The lowest BCUT2D eigenvalue weighted by Gasteiger charge is -2.14. The summed E-state index contributed by atoms with van der Waals surface area (Å²) in [7, 11) is 0. The number of carbonyl (C=O) groups excluding carboxylic acids is 2. The average Bonchev–Trinajstić information content (AvgIpc) is 3.17.